The molecule has 2 aromatic carbocycles. The zero-order valence-electron chi connectivity index (χ0n) is 13.1. The summed E-state index contributed by atoms with van der Waals surface area (Å²) in [6.07, 6.45) is 0. The summed E-state index contributed by atoms with van der Waals surface area (Å²) in [5.74, 6) is -0.183. The standard InChI is InChI=1S/C16H13BrN6OS/c1-11(24)15(19-18-13-9-7-12(17)8-10-13)25-16-20-21-22-23(16)14-5-3-2-4-6-14/h2-10,18H,1H3. The third kappa shape index (κ3) is 4.52. The third-order valence-corrected chi connectivity index (χ3v) is 4.60. The lowest BCUT2D eigenvalue weighted by molar-refractivity contribution is -0.110. The van der Waals surface area contributed by atoms with Crippen LogP contribution in [-0.4, -0.2) is 31.0 Å². The van der Waals surface area contributed by atoms with Crippen LogP contribution in [0.15, 0.2) is 69.3 Å². The van der Waals surface area contributed by atoms with Gasteiger partial charge in [-0.05, 0) is 58.6 Å². The number of carbonyl (C=O) groups excluding carboxylic acids is 1. The normalized spacial score (nSPS) is 11.4. The maximum atomic E-state index is 11.9. The van der Waals surface area contributed by atoms with E-state index in [0.717, 1.165) is 27.6 Å². The van der Waals surface area contributed by atoms with E-state index in [-0.39, 0.29) is 10.8 Å². The first kappa shape index (κ1) is 17.3. The molecule has 0 spiro atoms. The topological polar surface area (TPSA) is 85.1 Å². The van der Waals surface area contributed by atoms with Crippen LogP contribution in [0.25, 0.3) is 5.69 Å². The molecule has 25 heavy (non-hydrogen) atoms. The molecular weight excluding hydrogens is 404 g/mol. The van der Waals surface area contributed by atoms with Crippen LogP contribution in [0.4, 0.5) is 5.69 Å². The number of rotatable bonds is 5. The monoisotopic (exact) mass is 416 g/mol. The van der Waals surface area contributed by atoms with E-state index in [1.165, 1.54) is 6.92 Å². The number of anilines is 1. The first-order valence-corrected chi connectivity index (χ1v) is 8.86. The molecule has 0 unspecified atom stereocenters. The molecule has 7 nitrogen and oxygen atoms in total. The molecule has 0 saturated heterocycles. The molecule has 0 saturated carbocycles. The Balaban J connectivity index is 1.81. The highest BCUT2D eigenvalue weighted by molar-refractivity contribution is 9.10. The van der Waals surface area contributed by atoms with E-state index in [9.17, 15) is 4.79 Å². The average Bonchev–Trinajstić information content (AvgIpc) is 3.08. The number of hydrogen-bond acceptors (Lipinski definition) is 7. The fourth-order valence-corrected chi connectivity index (χ4v) is 2.85. The Bertz CT molecular complexity index is 895. The van der Waals surface area contributed by atoms with E-state index in [0.29, 0.717) is 5.16 Å². The molecule has 1 N–H and O–H groups in total. The minimum Gasteiger partial charge on any atom is -0.292 e. The Morgan fingerprint density at radius 1 is 1.16 bits per heavy atom. The van der Waals surface area contributed by atoms with E-state index >= 15 is 0 Å². The Labute approximate surface area is 156 Å². The fourth-order valence-electron chi connectivity index (χ4n) is 1.87. The maximum absolute atomic E-state index is 11.9. The molecule has 9 heteroatoms. The molecule has 0 aliphatic rings. The molecule has 0 bridgehead atoms. The molecule has 0 fully saturated rings. The van der Waals surface area contributed by atoms with Crippen LogP contribution in [0.3, 0.4) is 0 Å². The van der Waals surface area contributed by atoms with Crippen LogP contribution in [0.5, 0.6) is 0 Å². The van der Waals surface area contributed by atoms with Crippen LogP contribution in [0, 0.1) is 0 Å². The van der Waals surface area contributed by atoms with Gasteiger partial charge >= 0.3 is 0 Å². The predicted octanol–water partition coefficient (Wildman–Crippen LogP) is 3.53. The zero-order chi connectivity index (χ0) is 17.6. The number of ketones is 1. The van der Waals surface area contributed by atoms with Gasteiger partial charge in [0.15, 0.2) is 10.8 Å². The van der Waals surface area contributed by atoms with E-state index in [1.54, 1.807) is 4.68 Å². The molecular formula is C16H13BrN6OS. The first-order valence-electron chi connectivity index (χ1n) is 7.25. The fraction of sp³-hybridized carbons (Fsp3) is 0.0625. The number of thioether (sulfide) groups is 1. The molecule has 0 aliphatic heterocycles. The van der Waals surface area contributed by atoms with Gasteiger partial charge in [-0.2, -0.15) is 9.78 Å². The van der Waals surface area contributed by atoms with E-state index in [4.69, 9.17) is 0 Å². The number of benzene rings is 2. The molecule has 3 rings (SSSR count). The zero-order valence-corrected chi connectivity index (χ0v) is 15.5. The molecule has 0 atom stereocenters. The quantitative estimate of drug-likeness (QED) is 0.296. The number of nitrogens with one attached hydrogen (secondary N) is 1. The minimum absolute atomic E-state index is 0.183. The number of nitrogens with zero attached hydrogens (tertiary/aromatic N) is 5. The number of aromatic nitrogens is 4. The van der Waals surface area contributed by atoms with Crippen molar-refractivity contribution in [2.24, 2.45) is 5.10 Å². The van der Waals surface area contributed by atoms with E-state index in [1.807, 2.05) is 54.6 Å². The molecule has 0 amide bonds. The smallest absolute Gasteiger partial charge is 0.220 e. The summed E-state index contributed by atoms with van der Waals surface area (Å²) in [5, 5.41) is 16.5. The van der Waals surface area contributed by atoms with Crippen LogP contribution in [0.2, 0.25) is 0 Å². The summed E-state index contributed by atoms with van der Waals surface area (Å²) in [6, 6.07) is 16.9. The van der Waals surface area contributed by atoms with Gasteiger partial charge < -0.3 is 0 Å². The van der Waals surface area contributed by atoms with Gasteiger partial charge in [-0.1, -0.05) is 34.1 Å². The second-order valence-electron chi connectivity index (χ2n) is 4.90. The number of Topliss-reactive ketones (excluding diaryl/α,β-unsaturated/α-hetero) is 1. The summed E-state index contributed by atoms with van der Waals surface area (Å²) >= 11 is 4.47. The van der Waals surface area contributed by atoms with Gasteiger partial charge in [0.05, 0.1) is 11.4 Å². The van der Waals surface area contributed by atoms with Gasteiger partial charge in [0.2, 0.25) is 5.16 Å². The SMILES string of the molecule is CC(=O)C(=NNc1ccc(Br)cc1)Sc1nnnn1-c1ccccc1. The van der Waals surface area contributed by atoms with Crippen molar-refractivity contribution in [3.8, 4) is 5.69 Å². The van der Waals surface area contributed by atoms with Crippen LogP contribution in [0.1, 0.15) is 6.92 Å². The highest BCUT2D eigenvalue weighted by atomic mass is 79.9. The minimum atomic E-state index is -0.183. The molecule has 1 heterocycles. The second-order valence-corrected chi connectivity index (χ2v) is 6.77. The molecule has 0 aliphatic carbocycles. The highest BCUT2D eigenvalue weighted by Crippen LogP contribution is 2.21. The molecule has 3 aromatic rings. The number of carbonyl (C=O) groups is 1. The lowest BCUT2D eigenvalue weighted by atomic mass is 10.3. The maximum Gasteiger partial charge on any atom is 0.220 e. The van der Waals surface area contributed by atoms with E-state index < -0.39 is 0 Å². The third-order valence-electron chi connectivity index (χ3n) is 3.06. The summed E-state index contributed by atoms with van der Waals surface area (Å²) in [7, 11) is 0. The van der Waals surface area contributed by atoms with Crippen molar-refractivity contribution in [3.63, 3.8) is 0 Å². The Morgan fingerprint density at radius 3 is 2.56 bits per heavy atom. The number of halogens is 1. The average molecular weight is 417 g/mol. The van der Waals surface area contributed by atoms with Crippen LogP contribution >= 0.6 is 27.7 Å². The van der Waals surface area contributed by atoms with Crippen molar-refractivity contribution in [1.82, 2.24) is 20.2 Å². The van der Waals surface area contributed by atoms with Gasteiger partial charge in [-0.3, -0.25) is 10.2 Å². The predicted molar refractivity (Wildman–Crippen MR) is 101 cm³/mol. The van der Waals surface area contributed by atoms with Crippen LogP contribution < -0.4 is 5.43 Å². The van der Waals surface area contributed by atoms with Crippen molar-refractivity contribution in [2.75, 3.05) is 5.43 Å². The largest absolute Gasteiger partial charge is 0.292 e. The lowest BCUT2D eigenvalue weighted by Crippen LogP contribution is -2.10. The van der Waals surface area contributed by atoms with Crippen molar-refractivity contribution < 1.29 is 4.79 Å². The first-order chi connectivity index (χ1) is 12.1. The number of hydrazone groups is 1. The van der Waals surface area contributed by atoms with Crippen LogP contribution in [-0.2, 0) is 4.79 Å². The number of para-hydroxylation sites is 1. The Morgan fingerprint density at radius 2 is 1.88 bits per heavy atom. The van der Waals surface area contributed by atoms with Crippen molar-refractivity contribution in [3.05, 3.63) is 59.1 Å². The summed E-state index contributed by atoms with van der Waals surface area (Å²) in [5.41, 5.74) is 4.45. The van der Waals surface area contributed by atoms with Gasteiger partial charge in [-0.15, -0.1) is 5.10 Å². The van der Waals surface area contributed by atoms with Gasteiger partial charge in [-0.25, -0.2) is 0 Å². The molecule has 1 aromatic heterocycles. The number of hydrogen-bond donors (Lipinski definition) is 1. The molecule has 0 radical (unpaired) electrons. The number of tetrazole rings is 1. The van der Waals surface area contributed by atoms with Crippen molar-refractivity contribution >= 4 is 44.2 Å². The van der Waals surface area contributed by atoms with E-state index in [2.05, 4.69) is 42.0 Å². The Kier molecular flexibility index (Phi) is 5.56. The highest BCUT2D eigenvalue weighted by Gasteiger charge is 2.16. The van der Waals surface area contributed by atoms with Gasteiger partial charge in [0, 0.05) is 11.4 Å². The molecule has 126 valence electrons. The summed E-state index contributed by atoms with van der Waals surface area (Å²) in [6.45, 7) is 1.45. The second kappa shape index (κ2) is 8.04. The summed E-state index contributed by atoms with van der Waals surface area (Å²) in [4.78, 5) is 11.9. The van der Waals surface area contributed by atoms with Gasteiger partial charge in [0.25, 0.3) is 0 Å². The van der Waals surface area contributed by atoms with Crippen molar-refractivity contribution in [2.45, 2.75) is 12.1 Å². The summed E-state index contributed by atoms with van der Waals surface area (Å²) < 4.78 is 2.52. The van der Waals surface area contributed by atoms with Gasteiger partial charge in [0.1, 0.15) is 0 Å². The lowest BCUT2D eigenvalue weighted by Gasteiger charge is -2.06. The van der Waals surface area contributed by atoms with Crippen molar-refractivity contribution in [1.29, 1.82) is 0 Å². The Hall–Kier alpha value is -2.52.